The Morgan fingerprint density at radius 1 is 0.840 bits per heavy atom. The van der Waals surface area contributed by atoms with Crippen molar-refractivity contribution in [1.29, 1.82) is 0 Å². The van der Waals surface area contributed by atoms with Crippen LogP contribution in [0.3, 0.4) is 0 Å². The first-order valence-corrected chi connectivity index (χ1v) is 28.0. The van der Waals surface area contributed by atoms with Gasteiger partial charge in [0.25, 0.3) is 0 Å². The molecule has 0 spiro atoms. The zero-order valence-corrected chi connectivity index (χ0v) is 46.0. The van der Waals surface area contributed by atoms with Gasteiger partial charge in [-0.1, -0.05) is 45.0 Å². The molecule has 1 aliphatic carbocycles. The van der Waals surface area contributed by atoms with E-state index in [0.29, 0.717) is 42.8 Å². The number of carbonyl (C=O) groups excluding carboxylic acids is 4. The molecule has 7 rings (SSSR count). The van der Waals surface area contributed by atoms with Gasteiger partial charge in [0.15, 0.2) is 15.6 Å². The minimum absolute atomic E-state index is 0.0656. The fraction of sp³-hybridized carbons (Fsp3) is 0.527. The lowest BCUT2D eigenvalue weighted by Crippen LogP contribution is -2.59. The van der Waals surface area contributed by atoms with Crippen molar-refractivity contribution in [3.63, 3.8) is 0 Å². The number of Topliss-reactive ketones (excluding diaryl/α,β-unsaturated/α-hetero) is 1. The van der Waals surface area contributed by atoms with E-state index >= 15 is 0 Å². The summed E-state index contributed by atoms with van der Waals surface area (Å²) in [5.74, 6) is -1.19. The normalized spacial score (nSPS) is 17.7. The number of amides is 3. The second-order valence-corrected chi connectivity index (χ2v) is 24.7. The lowest BCUT2D eigenvalue weighted by atomic mass is 9.85. The number of ether oxygens (including phenoxy) is 5. The summed E-state index contributed by atoms with van der Waals surface area (Å²) in [5, 5.41) is 13.1. The number of hydrogen-bond donors (Lipinski definition) is 4. The molecule has 1 fully saturated rings. The Labute approximate surface area is 444 Å². The molecule has 0 radical (unpaired) electrons. The van der Waals surface area contributed by atoms with E-state index < -0.39 is 38.1 Å². The zero-order valence-electron chi connectivity index (χ0n) is 44.4. The summed E-state index contributed by atoms with van der Waals surface area (Å²) >= 11 is 1.56. The third-order valence-electron chi connectivity index (χ3n) is 13.5. The van der Waals surface area contributed by atoms with E-state index in [0.717, 1.165) is 34.3 Å². The lowest BCUT2D eigenvalue weighted by molar-refractivity contribution is -0.144. The number of ketones is 1. The first-order chi connectivity index (χ1) is 35.7. The van der Waals surface area contributed by atoms with E-state index in [1.165, 1.54) is 5.56 Å². The molecule has 3 heterocycles. The molecule has 1 aliphatic heterocycles. The molecule has 2 aromatic heterocycles. The molecule has 5 atom stereocenters. The Bertz CT molecular complexity index is 2900. The number of aryl methyl sites for hydroxylation is 1. The molecule has 0 saturated carbocycles. The molecule has 5 aromatic rings. The SMILES string of the molecule is CN[C@@H](C)C(=O)N[C@H](C(=O)N1C[C@@H](CC(=O)COCCOCCOCCOCCOc2cc3nccc(Nc4ccc5scnc5c4)c3cc2S(=O)(=O)C(C)(C)C)C[C@H]1C(=O)N[C@@H]1CCc2ccccc21)C(C)(C)C. The first-order valence-electron chi connectivity index (χ1n) is 25.6. The molecule has 75 heavy (non-hydrogen) atoms. The Morgan fingerprint density at radius 3 is 2.23 bits per heavy atom. The number of pyridine rings is 1. The molecular formula is C55H73N7O11S2. The molecule has 18 nitrogen and oxygen atoms in total. The average Bonchev–Trinajstić information content (AvgIpc) is 4.13. The zero-order chi connectivity index (χ0) is 53.9. The molecule has 4 N–H and O–H groups in total. The Morgan fingerprint density at radius 2 is 1.53 bits per heavy atom. The fourth-order valence-electron chi connectivity index (χ4n) is 9.19. The van der Waals surface area contributed by atoms with Crippen molar-refractivity contribution in [1.82, 2.24) is 30.8 Å². The molecule has 406 valence electrons. The van der Waals surface area contributed by atoms with Gasteiger partial charge in [-0.3, -0.25) is 24.2 Å². The van der Waals surface area contributed by atoms with Crippen molar-refractivity contribution >= 4 is 77.2 Å². The number of anilines is 2. The third kappa shape index (κ3) is 14.7. The fourth-order valence-corrected chi connectivity index (χ4v) is 11.2. The van der Waals surface area contributed by atoms with Crippen LogP contribution >= 0.6 is 11.3 Å². The van der Waals surface area contributed by atoms with Gasteiger partial charge in [0.05, 0.1) is 84.3 Å². The summed E-state index contributed by atoms with van der Waals surface area (Å²) in [7, 11) is -2.16. The van der Waals surface area contributed by atoms with Crippen LogP contribution in [-0.2, 0) is 54.4 Å². The smallest absolute Gasteiger partial charge is 0.246 e. The van der Waals surface area contributed by atoms with E-state index in [2.05, 4.69) is 37.3 Å². The van der Waals surface area contributed by atoms with Crippen LogP contribution in [0, 0.1) is 11.3 Å². The summed E-state index contributed by atoms with van der Waals surface area (Å²) < 4.78 is 56.4. The van der Waals surface area contributed by atoms with Crippen LogP contribution < -0.4 is 26.0 Å². The number of likely N-dealkylation sites (N-methyl/N-ethyl adjacent to an activating group) is 1. The standard InChI is InChI=1S/C55H73N7O11S2/c1-35(56-8)51(64)61-50(54(2,3)4)53(66)62-32-36(28-46(62)52(65)60-42-15-13-37-11-9-10-12-40(37)42)27-39(63)33-72-24-23-70-20-19-69-21-22-71-25-26-73-47-31-44-41(30-49(47)75(67,68)55(5,6)7)43(17-18-57-44)59-38-14-16-48-45(29-38)58-34-74-48/h9-12,14,16-18,29-31,34-36,42,46,50,56H,13,15,19-28,32-33H2,1-8H3,(H,57,59)(H,60,65)(H,61,64)/t35-,36-,42+,46-,50+/m0/s1. The largest absolute Gasteiger partial charge is 0.490 e. The van der Waals surface area contributed by atoms with Crippen molar-refractivity contribution in [3.8, 4) is 5.75 Å². The summed E-state index contributed by atoms with van der Waals surface area (Å²) in [6.45, 7) is 14.2. The maximum atomic E-state index is 14.4. The second-order valence-electron chi connectivity index (χ2n) is 21.2. The average molecular weight is 1070 g/mol. The lowest BCUT2D eigenvalue weighted by Gasteiger charge is -2.36. The second kappa shape index (κ2) is 25.5. The predicted molar refractivity (Wildman–Crippen MR) is 289 cm³/mol. The summed E-state index contributed by atoms with van der Waals surface area (Å²) in [6, 6.07) is 16.6. The highest BCUT2D eigenvalue weighted by molar-refractivity contribution is 7.92. The minimum atomic E-state index is -3.83. The predicted octanol–water partition coefficient (Wildman–Crippen LogP) is 6.72. The number of nitrogens with zero attached hydrogens (tertiary/aromatic N) is 3. The van der Waals surface area contributed by atoms with Crippen molar-refractivity contribution in [3.05, 3.63) is 83.5 Å². The number of benzene rings is 3. The number of sulfone groups is 1. The van der Waals surface area contributed by atoms with Crippen molar-refractivity contribution in [2.24, 2.45) is 11.3 Å². The van der Waals surface area contributed by atoms with Crippen LogP contribution in [0.4, 0.5) is 11.4 Å². The van der Waals surface area contributed by atoms with Gasteiger partial charge in [-0.2, -0.15) is 0 Å². The first kappa shape index (κ1) is 57.1. The van der Waals surface area contributed by atoms with Gasteiger partial charge in [0.1, 0.15) is 35.9 Å². The van der Waals surface area contributed by atoms with E-state index in [4.69, 9.17) is 23.7 Å². The van der Waals surface area contributed by atoms with Gasteiger partial charge in [-0.15, -0.1) is 11.3 Å². The molecule has 0 unspecified atom stereocenters. The van der Waals surface area contributed by atoms with Crippen LogP contribution in [0.5, 0.6) is 5.75 Å². The van der Waals surface area contributed by atoms with E-state index in [9.17, 15) is 27.6 Å². The molecule has 2 aliphatic rings. The van der Waals surface area contributed by atoms with Gasteiger partial charge in [-0.25, -0.2) is 13.4 Å². The van der Waals surface area contributed by atoms with Gasteiger partial charge < -0.3 is 49.9 Å². The minimum Gasteiger partial charge on any atom is -0.490 e. The van der Waals surface area contributed by atoms with Gasteiger partial charge >= 0.3 is 0 Å². The monoisotopic (exact) mass is 1070 g/mol. The summed E-state index contributed by atoms with van der Waals surface area (Å²) in [6.07, 6.45) is 3.70. The molecule has 1 saturated heterocycles. The molecule has 0 bridgehead atoms. The number of carbonyl (C=O) groups is 4. The van der Waals surface area contributed by atoms with E-state index in [1.54, 1.807) is 80.9 Å². The quantitative estimate of drug-likeness (QED) is 0.0422. The van der Waals surface area contributed by atoms with Crippen LogP contribution in [0.15, 0.2) is 77.3 Å². The van der Waals surface area contributed by atoms with Crippen molar-refractivity contribution in [2.75, 3.05) is 78.4 Å². The summed E-state index contributed by atoms with van der Waals surface area (Å²) in [5.41, 5.74) is 6.34. The molecule has 20 heteroatoms. The molecule has 3 amide bonds. The topological polar surface area (TPSA) is 226 Å². The van der Waals surface area contributed by atoms with Crippen molar-refractivity contribution in [2.45, 2.75) is 108 Å². The Kier molecular flexibility index (Phi) is 19.4. The molecular weight excluding hydrogens is 999 g/mol. The van der Waals surface area contributed by atoms with E-state index in [1.807, 2.05) is 57.2 Å². The number of likely N-dealkylation sites (tertiary alicyclic amines) is 1. The van der Waals surface area contributed by atoms with Crippen molar-refractivity contribution < 1.29 is 51.3 Å². The highest BCUT2D eigenvalue weighted by atomic mass is 32.2. The van der Waals surface area contributed by atoms with Crippen LogP contribution in [0.1, 0.15) is 84.9 Å². The maximum absolute atomic E-state index is 14.4. The maximum Gasteiger partial charge on any atom is 0.246 e. The van der Waals surface area contributed by atoms with Crippen LogP contribution in [0.2, 0.25) is 0 Å². The number of thiazole rings is 1. The van der Waals surface area contributed by atoms with Gasteiger partial charge in [-0.05, 0) is 107 Å². The van der Waals surface area contributed by atoms with E-state index in [-0.39, 0.29) is 98.7 Å². The Hall–Kier alpha value is -5.61. The van der Waals surface area contributed by atoms with Crippen LogP contribution in [0.25, 0.3) is 21.1 Å². The number of aromatic nitrogens is 2. The number of rotatable bonds is 26. The molecule has 3 aromatic carbocycles. The number of nitrogens with one attached hydrogen (secondary N) is 4. The highest BCUT2D eigenvalue weighted by Crippen LogP contribution is 2.39. The third-order valence-corrected chi connectivity index (χ3v) is 16.9. The number of fused-ring (bicyclic) bond motifs is 3. The number of hydrogen-bond acceptors (Lipinski definition) is 16. The Balaban J connectivity index is 0.809. The highest BCUT2D eigenvalue weighted by Gasteiger charge is 2.46. The van der Waals surface area contributed by atoms with Gasteiger partial charge in [0, 0.05) is 42.0 Å². The van der Waals surface area contributed by atoms with Crippen LogP contribution in [-0.4, -0.2) is 143 Å². The summed E-state index contributed by atoms with van der Waals surface area (Å²) in [4.78, 5) is 65.2. The van der Waals surface area contributed by atoms with Gasteiger partial charge in [0.2, 0.25) is 17.7 Å².